The van der Waals surface area contributed by atoms with Crippen LogP contribution in [0.4, 0.5) is 4.79 Å². The number of nitrogens with one attached hydrogen (secondary N) is 1. The summed E-state index contributed by atoms with van der Waals surface area (Å²) in [7, 11) is -3.89. The lowest BCUT2D eigenvalue weighted by Crippen LogP contribution is -2.43. The standard InChI is InChI=1S/C15H21NO6S/c1-2-3-9-22-15(19)16-13(10-14(17)18)23(20,21)11-12-7-5-4-6-8-12/h4-8,13H,2-3,9-11H2,1H3,(H,16,19)(H,17,18). The van der Waals surface area contributed by atoms with Gasteiger partial charge in [-0.2, -0.15) is 0 Å². The number of rotatable bonds is 9. The quantitative estimate of drug-likeness (QED) is 0.663. The van der Waals surface area contributed by atoms with Crippen LogP contribution in [-0.2, 0) is 25.1 Å². The number of alkyl carbamates (subject to hydrolysis) is 1. The number of benzene rings is 1. The Balaban J connectivity index is 2.79. The third-order valence-corrected chi connectivity index (χ3v) is 4.90. The molecule has 0 aliphatic heterocycles. The van der Waals surface area contributed by atoms with Crippen LogP contribution in [0.2, 0.25) is 0 Å². The van der Waals surface area contributed by atoms with Crippen LogP contribution in [0.25, 0.3) is 0 Å². The van der Waals surface area contributed by atoms with Crippen molar-refractivity contribution in [2.24, 2.45) is 0 Å². The second kappa shape index (κ2) is 9.14. The molecule has 128 valence electrons. The molecule has 0 aliphatic rings. The molecule has 0 aromatic heterocycles. The summed E-state index contributed by atoms with van der Waals surface area (Å²) in [5, 5.41) is 9.49. The third-order valence-electron chi connectivity index (χ3n) is 3.01. The van der Waals surface area contributed by atoms with E-state index in [4.69, 9.17) is 9.84 Å². The summed E-state index contributed by atoms with van der Waals surface area (Å²) in [4.78, 5) is 22.5. The van der Waals surface area contributed by atoms with Crippen molar-refractivity contribution in [3.05, 3.63) is 35.9 Å². The van der Waals surface area contributed by atoms with Crippen molar-refractivity contribution in [3.63, 3.8) is 0 Å². The maximum Gasteiger partial charge on any atom is 0.408 e. The Morgan fingerprint density at radius 2 is 1.91 bits per heavy atom. The van der Waals surface area contributed by atoms with Crippen molar-refractivity contribution < 1.29 is 27.9 Å². The van der Waals surface area contributed by atoms with Gasteiger partial charge in [-0.15, -0.1) is 0 Å². The molecule has 1 aromatic rings. The average molecular weight is 343 g/mol. The van der Waals surface area contributed by atoms with Crippen LogP contribution in [0.3, 0.4) is 0 Å². The maximum atomic E-state index is 12.4. The second-order valence-electron chi connectivity index (χ2n) is 5.01. The first-order valence-electron chi connectivity index (χ1n) is 7.25. The van der Waals surface area contributed by atoms with Gasteiger partial charge in [0, 0.05) is 0 Å². The predicted octanol–water partition coefficient (Wildman–Crippen LogP) is 1.93. The van der Waals surface area contributed by atoms with Gasteiger partial charge in [0.25, 0.3) is 0 Å². The summed E-state index contributed by atoms with van der Waals surface area (Å²) >= 11 is 0. The Labute approximate surface area is 135 Å². The number of carbonyl (C=O) groups is 2. The number of amides is 1. The van der Waals surface area contributed by atoms with E-state index in [1.54, 1.807) is 30.3 Å². The zero-order valence-corrected chi connectivity index (χ0v) is 13.7. The van der Waals surface area contributed by atoms with Crippen molar-refractivity contribution >= 4 is 21.9 Å². The van der Waals surface area contributed by atoms with Crippen LogP contribution in [0.15, 0.2) is 30.3 Å². The van der Waals surface area contributed by atoms with Gasteiger partial charge >= 0.3 is 12.1 Å². The van der Waals surface area contributed by atoms with Gasteiger partial charge in [0.05, 0.1) is 18.8 Å². The number of sulfone groups is 1. The van der Waals surface area contributed by atoms with E-state index in [9.17, 15) is 18.0 Å². The summed E-state index contributed by atoms with van der Waals surface area (Å²) in [6, 6.07) is 8.35. The lowest BCUT2D eigenvalue weighted by Gasteiger charge is -2.17. The fourth-order valence-electron chi connectivity index (χ4n) is 1.82. The number of hydrogen-bond acceptors (Lipinski definition) is 5. The maximum absolute atomic E-state index is 12.4. The Bertz CT molecular complexity index is 614. The van der Waals surface area contributed by atoms with Gasteiger partial charge in [0.1, 0.15) is 5.37 Å². The molecule has 1 amide bonds. The summed E-state index contributed by atoms with van der Waals surface area (Å²) in [5.41, 5.74) is 0.518. The molecule has 23 heavy (non-hydrogen) atoms. The van der Waals surface area contributed by atoms with Crippen LogP contribution in [0.1, 0.15) is 31.7 Å². The van der Waals surface area contributed by atoms with Crippen molar-refractivity contribution in [2.75, 3.05) is 6.61 Å². The van der Waals surface area contributed by atoms with Crippen molar-refractivity contribution in [1.82, 2.24) is 5.32 Å². The molecule has 0 radical (unpaired) electrons. The molecule has 0 heterocycles. The van der Waals surface area contributed by atoms with E-state index in [1.165, 1.54) is 0 Å². The first kappa shape index (κ1) is 19.0. The lowest BCUT2D eigenvalue weighted by atomic mass is 10.2. The predicted molar refractivity (Wildman–Crippen MR) is 84.5 cm³/mol. The van der Waals surface area contributed by atoms with Crippen LogP contribution in [0, 0.1) is 0 Å². The largest absolute Gasteiger partial charge is 0.481 e. The number of carbonyl (C=O) groups excluding carboxylic acids is 1. The van der Waals surface area contributed by atoms with Crippen molar-refractivity contribution in [3.8, 4) is 0 Å². The minimum Gasteiger partial charge on any atom is -0.481 e. The molecule has 1 unspecified atom stereocenters. The number of carboxylic acids is 1. The molecule has 0 fully saturated rings. The zero-order chi connectivity index (χ0) is 17.3. The van der Waals surface area contributed by atoms with Crippen LogP contribution >= 0.6 is 0 Å². The number of carboxylic acid groups (broad SMARTS) is 1. The summed E-state index contributed by atoms with van der Waals surface area (Å²) in [6.07, 6.45) is -0.189. The van der Waals surface area contributed by atoms with E-state index in [0.29, 0.717) is 12.0 Å². The summed E-state index contributed by atoms with van der Waals surface area (Å²) in [5.74, 6) is -1.68. The zero-order valence-electron chi connectivity index (χ0n) is 12.9. The van der Waals surface area contributed by atoms with E-state index >= 15 is 0 Å². The topological polar surface area (TPSA) is 110 Å². The van der Waals surface area contributed by atoms with Gasteiger partial charge in [-0.1, -0.05) is 43.7 Å². The first-order chi connectivity index (χ1) is 10.8. The highest BCUT2D eigenvalue weighted by molar-refractivity contribution is 7.91. The number of hydrogen-bond donors (Lipinski definition) is 2. The Hall–Kier alpha value is -2.09. The molecule has 0 bridgehead atoms. The highest BCUT2D eigenvalue weighted by Crippen LogP contribution is 2.13. The van der Waals surface area contributed by atoms with Crippen molar-refractivity contribution in [2.45, 2.75) is 37.3 Å². The summed E-state index contributed by atoms with van der Waals surface area (Å²) < 4.78 is 29.6. The highest BCUT2D eigenvalue weighted by Gasteiger charge is 2.30. The molecular weight excluding hydrogens is 322 g/mol. The third kappa shape index (κ3) is 7.14. The number of ether oxygens (including phenoxy) is 1. The van der Waals surface area contributed by atoms with E-state index in [1.807, 2.05) is 6.92 Å². The Kier molecular flexibility index (Phi) is 7.53. The monoisotopic (exact) mass is 343 g/mol. The summed E-state index contributed by atoms with van der Waals surface area (Å²) in [6.45, 7) is 2.07. The fourth-order valence-corrected chi connectivity index (χ4v) is 3.35. The van der Waals surface area contributed by atoms with E-state index < -0.39 is 33.7 Å². The van der Waals surface area contributed by atoms with E-state index in [-0.39, 0.29) is 12.4 Å². The molecule has 7 nitrogen and oxygen atoms in total. The molecule has 0 spiro atoms. The van der Waals surface area contributed by atoms with Crippen LogP contribution in [-0.4, -0.2) is 37.6 Å². The highest BCUT2D eigenvalue weighted by atomic mass is 32.2. The molecule has 1 aromatic carbocycles. The number of aliphatic carboxylic acids is 1. The number of unbranched alkanes of at least 4 members (excludes halogenated alkanes) is 1. The second-order valence-corrected chi connectivity index (χ2v) is 7.20. The molecular formula is C15H21NO6S. The van der Waals surface area contributed by atoms with Gasteiger partial charge in [0.2, 0.25) is 0 Å². The Morgan fingerprint density at radius 3 is 2.48 bits per heavy atom. The normalized spacial score (nSPS) is 12.4. The minimum atomic E-state index is -3.89. The van der Waals surface area contributed by atoms with Crippen LogP contribution < -0.4 is 5.32 Å². The van der Waals surface area contributed by atoms with Crippen LogP contribution in [0.5, 0.6) is 0 Å². The average Bonchev–Trinajstić information content (AvgIpc) is 2.47. The van der Waals surface area contributed by atoms with Gasteiger partial charge in [0.15, 0.2) is 9.84 Å². The molecule has 2 N–H and O–H groups in total. The molecule has 0 saturated heterocycles. The molecule has 0 aliphatic carbocycles. The SMILES string of the molecule is CCCCOC(=O)NC(CC(=O)O)S(=O)(=O)Cc1ccccc1. The van der Waals surface area contributed by atoms with E-state index in [2.05, 4.69) is 5.32 Å². The van der Waals surface area contributed by atoms with Gasteiger partial charge < -0.3 is 15.2 Å². The van der Waals surface area contributed by atoms with Crippen molar-refractivity contribution in [1.29, 1.82) is 0 Å². The van der Waals surface area contributed by atoms with E-state index in [0.717, 1.165) is 6.42 Å². The Morgan fingerprint density at radius 1 is 1.26 bits per heavy atom. The van der Waals surface area contributed by atoms with Gasteiger partial charge in [-0.05, 0) is 12.0 Å². The molecule has 0 saturated carbocycles. The fraction of sp³-hybridized carbons (Fsp3) is 0.467. The minimum absolute atomic E-state index is 0.154. The van der Waals surface area contributed by atoms with Gasteiger partial charge in [-0.25, -0.2) is 13.2 Å². The lowest BCUT2D eigenvalue weighted by molar-refractivity contribution is -0.137. The first-order valence-corrected chi connectivity index (χ1v) is 8.97. The molecule has 1 rings (SSSR count). The van der Waals surface area contributed by atoms with Gasteiger partial charge in [-0.3, -0.25) is 4.79 Å². The molecule has 1 atom stereocenters. The smallest absolute Gasteiger partial charge is 0.408 e. The molecule has 8 heteroatoms.